The highest BCUT2D eigenvalue weighted by Gasteiger charge is 2.26. The minimum Gasteiger partial charge on any atom is -0.495 e. The molecule has 1 aromatic carbocycles. The number of non-ortho nitro benzene ring substituents is 1. The summed E-state index contributed by atoms with van der Waals surface area (Å²) in [4.78, 5) is 13.3. The van der Waals surface area contributed by atoms with Crippen molar-refractivity contribution in [1.29, 1.82) is 0 Å². The predicted octanol–water partition coefficient (Wildman–Crippen LogP) is 4.20. The fourth-order valence-corrected chi connectivity index (χ4v) is 4.17. The molecule has 0 unspecified atom stereocenters. The molecule has 0 amide bonds. The zero-order chi connectivity index (χ0) is 17.6. The van der Waals surface area contributed by atoms with Gasteiger partial charge in [-0.1, -0.05) is 25.7 Å². The molecule has 0 spiro atoms. The number of nitro groups is 1. The Morgan fingerprint density at radius 1 is 1.12 bits per heavy atom. The molecule has 6 heteroatoms. The third-order valence-corrected chi connectivity index (χ3v) is 5.62. The van der Waals surface area contributed by atoms with Gasteiger partial charge >= 0.3 is 0 Å². The maximum atomic E-state index is 11.0. The van der Waals surface area contributed by atoms with Crippen LogP contribution in [0.1, 0.15) is 51.4 Å². The van der Waals surface area contributed by atoms with Crippen molar-refractivity contribution < 1.29 is 9.66 Å². The summed E-state index contributed by atoms with van der Waals surface area (Å²) in [6, 6.07) is 5.84. The first-order valence-corrected chi connectivity index (χ1v) is 9.50. The second-order valence-corrected chi connectivity index (χ2v) is 7.24. The summed E-state index contributed by atoms with van der Waals surface area (Å²) < 4.78 is 5.36. The largest absolute Gasteiger partial charge is 0.495 e. The van der Waals surface area contributed by atoms with Gasteiger partial charge in [-0.05, 0) is 31.7 Å². The van der Waals surface area contributed by atoms with Crippen LogP contribution in [0.15, 0.2) is 18.2 Å². The van der Waals surface area contributed by atoms with E-state index in [-0.39, 0.29) is 10.6 Å². The minimum absolute atomic E-state index is 0.0965. The molecule has 1 aliphatic carbocycles. The molecule has 0 atom stereocenters. The number of hydrogen-bond donors (Lipinski definition) is 1. The van der Waals surface area contributed by atoms with Crippen LogP contribution < -0.4 is 10.1 Å². The van der Waals surface area contributed by atoms with E-state index >= 15 is 0 Å². The molecule has 25 heavy (non-hydrogen) atoms. The van der Waals surface area contributed by atoms with Crippen LogP contribution in [-0.4, -0.2) is 42.1 Å². The first-order chi connectivity index (χ1) is 12.2. The number of ether oxygens (including phenoxy) is 1. The lowest BCUT2D eigenvalue weighted by Gasteiger charge is -2.38. The van der Waals surface area contributed by atoms with E-state index in [1.165, 1.54) is 44.6 Å². The highest BCUT2D eigenvalue weighted by molar-refractivity contribution is 5.62. The van der Waals surface area contributed by atoms with Gasteiger partial charge < -0.3 is 15.0 Å². The molecule has 1 aromatic rings. The Kier molecular flexibility index (Phi) is 6.13. The van der Waals surface area contributed by atoms with Gasteiger partial charge in [0.25, 0.3) is 5.69 Å². The lowest BCUT2D eigenvalue weighted by Crippen LogP contribution is -2.44. The van der Waals surface area contributed by atoms with Crippen molar-refractivity contribution in [2.24, 2.45) is 0 Å². The second kappa shape index (κ2) is 8.52. The molecule has 2 fully saturated rings. The summed E-state index contributed by atoms with van der Waals surface area (Å²) in [5.41, 5.74) is 0.823. The number of benzene rings is 1. The Morgan fingerprint density at radius 3 is 2.40 bits per heavy atom. The topological polar surface area (TPSA) is 67.6 Å². The molecule has 1 heterocycles. The number of rotatable bonds is 5. The maximum Gasteiger partial charge on any atom is 0.271 e. The molecule has 1 N–H and O–H groups in total. The third-order valence-electron chi connectivity index (χ3n) is 5.62. The summed E-state index contributed by atoms with van der Waals surface area (Å²) in [5, 5.41) is 14.5. The Morgan fingerprint density at radius 2 is 1.80 bits per heavy atom. The number of hydrogen-bond acceptors (Lipinski definition) is 5. The van der Waals surface area contributed by atoms with E-state index in [0.29, 0.717) is 11.8 Å². The quantitative estimate of drug-likeness (QED) is 0.491. The number of piperidine rings is 1. The van der Waals surface area contributed by atoms with Crippen molar-refractivity contribution in [3.05, 3.63) is 28.3 Å². The van der Waals surface area contributed by atoms with Gasteiger partial charge in [-0.15, -0.1) is 0 Å². The average Bonchev–Trinajstić information content (AvgIpc) is 2.91. The van der Waals surface area contributed by atoms with Crippen LogP contribution in [0.25, 0.3) is 0 Å². The smallest absolute Gasteiger partial charge is 0.271 e. The fraction of sp³-hybridized carbons (Fsp3) is 0.684. The summed E-state index contributed by atoms with van der Waals surface area (Å²) in [6.07, 6.45) is 10.3. The molecule has 3 rings (SSSR count). The van der Waals surface area contributed by atoms with Crippen molar-refractivity contribution >= 4 is 11.4 Å². The Balaban J connectivity index is 1.58. The number of likely N-dealkylation sites (tertiary alicyclic amines) is 1. The first kappa shape index (κ1) is 18.0. The standard InChI is InChI=1S/C19H29N3O3/c1-25-19-9-8-17(22(23)24)14-18(19)20-15-10-12-21(13-11-15)16-6-4-2-3-5-7-16/h8-9,14-16,20H,2-7,10-13H2,1H3. The molecule has 2 aliphatic rings. The molecular weight excluding hydrogens is 318 g/mol. The Bertz CT molecular complexity index is 577. The number of nitrogens with zero attached hydrogens (tertiary/aromatic N) is 2. The molecule has 1 saturated carbocycles. The zero-order valence-corrected chi connectivity index (χ0v) is 15.1. The summed E-state index contributed by atoms with van der Waals surface area (Å²) in [7, 11) is 1.60. The molecule has 0 radical (unpaired) electrons. The number of nitro benzene ring substituents is 1. The fourth-order valence-electron chi connectivity index (χ4n) is 4.17. The number of nitrogens with one attached hydrogen (secondary N) is 1. The van der Waals surface area contributed by atoms with Crippen LogP contribution in [0.2, 0.25) is 0 Å². The number of methoxy groups -OCH3 is 1. The number of anilines is 1. The van der Waals surface area contributed by atoms with Gasteiger partial charge in [-0.25, -0.2) is 0 Å². The first-order valence-electron chi connectivity index (χ1n) is 9.50. The van der Waals surface area contributed by atoms with Crippen LogP contribution in [0.4, 0.5) is 11.4 Å². The summed E-state index contributed by atoms with van der Waals surface area (Å²) in [5.74, 6) is 0.664. The van der Waals surface area contributed by atoms with Crippen molar-refractivity contribution in [1.82, 2.24) is 4.90 Å². The van der Waals surface area contributed by atoms with E-state index < -0.39 is 0 Å². The van der Waals surface area contributed by atoms with E-state index in [0.717, 1.165) is 37.7 Å². The van der Waals surface area contributed by atoms with Crippen LogP contribution >= 0.6 is 0 Å². The van der Waals surface area contributed by atoms with Crippen LogP contribution in [0, 0.1) is 10.1 Å². The minimum atomic E-state index is -0.362. The monoisotopic (exact) mass is 347 g/mol. The van der Waals surface area contributed by atoms with E-state index in [4.69, 9.17) is 4.74 Å². The molecular formula is C19H29N3O3. The lowest BCUT2D eigenvalue weighted by molar-refractivity contribution is -0.384. The van der Waals surface area contributed by atoms with Crippen LogP contribution in [0.3, 0.4) is 0 Å². The molecule has 1 aliphatic heterocycles. The molecule has 0 aromatic heterocycles. The molecule has 138 valence electrons. The van der Waals surface area contributed by atoms with Crippen molar-refractivity contribution in [2.45, 2.75) is 63.5 Å². The second-order valence-electron chi connectivity index (χ2n) is 7.24. The van der Waals surface area contributed by atoms with E-state index in [2.05, 4.69) is 10.2 Å². The Hall–Kier alpha value is -1.82. The van der Waals surface area contributed by atoms with Crippen molar-refractivity contribution in [3.63, 3.8) is 0 Å². The normalized spacial score (nSPS) is 20.8. The zero-order valence-electron chi connectivity index (χ0n) is 15.1. The third kappa shape index (κ3) is 4.63. The van der Waals surface area contributed by atoms with E-state index in [9.17, 15) is 10.1 Å². The van der Waals surface area contributed by atoms with Crippen molar-refractivity contribution in [3.8, 4) is 5.75 Å². The summed E-state index contributed by atoms with van der Waals surface area (Å²) in [6.45, 7) is 2.22. The highest BCUT2D eigenvalue weighted by Crippen LogP contribution is 2.31. The molecule has 1 saturated heterocycles. The van der Waals surface area contributed by atoms with Gasteiger partial charge in [-0.2, -0.15) is 0 Å². The van der Waals surface area contributed by atoms with Gasteiger partial charge in [0.05, 0.1) is 17.7 Å². The Labute approximate surface area is 149 Å². The highest BCUT2D eigenvalue weighted by atomic mass is 16.6. The predicted molar refractivity (Wildman–Crippen MR) is 99.4 cm³/mol. The van der Waals surface area contributed by atoms with Crippen molar-refractivity contribution in [2.75, 3.05) is 25.5 Å². The maximum absolute atomic E-state index is 11.0. The van der Waals surface area contributed by atoms with Gasteiger partial charge in [0.15, 0.2) is 0 Å². The molecule has 6 nitrogen and oxygen atoms in total. The van der Waals surface area contributed by atoms with Crippen LogP contribution in [0.5, 0.6) is 5.75 Å². The van der Waals surface area contributed by atoms with E-state index in [1.807, 2.05) is 0 Å². The van der Waals surface area contributed by atoms with Gasteiger partial charge in [0.1, 0.15) is 5.75 Å². The van der Waals surface area contributed by atoms with Gasteiger partial charge in [-0.3, -0.25) is 10.1 Å². The molecule has 0 bridgehead atoms. The summed E-state index contributed by atoms with van der Waals surface area (Å²) >= 11 is 0. The average molecular weight is 347 g/mol. The van der Waals surface area contributed by atoms with Crippen LogP contribution in [-0.2, 0) is 0 Å². The van der Waals surface area contributed by atoms with Gasteiger partial charge in [0.2, 0.25) is 0 Å². The lowest BCUT2D eigenvalue weighted by atomic mass is 9.99. The van der Waals surface area contributed by atoms with Gasteiger partial charge in [0, 0.05) is 37.3 Å². The van der Waals surface area contributed by atoms with E-state index in [1.54, 1.807) is 19.2 Å². The SMILES string of the molecule is COc1ccc([N+](=O)[O-])cc1NC1CCN(C2CCCCCC2)CC1.